The summed E-state index contributed by atoms with van der Waals surface area (Å²) in [4.78, 5) is 13.7. The van der Waals surface area contributed by atoms with Crippen molar-refractivity contribution in [1.82, 2.24) is 4.90 Å². The first-order valence-electron chi connectivity index (χ1n) is 5.89. The van der Waals surface area contributed by atoms with E-state index in [0.717, 1.165) is 5.56 Å². The van der Waals surface area contributed by atoms with Crippen LogP contribution in [0.3, 0.4) is 0 Å². The average molecular weight is 257 g/mol. The highest BCUT2D eigenvalue weighted by Gasteiger charge is 2.13. The monoisotopic (exact) mass is 257 g/mol. The predicted molar refractivity (Wildman–Crippen MR) is 72.0 cm³/mol. The van der Waals surface area contributed by atoms with Crippen molar-refractivity contribution >= 4 is 5.91 Å². The molecule has 0 aliphatic carbocycles. The van der Waals surface area contributed by atoms with Gasteiger partial charge in [-0.3, -0.25) is 4.79 Å². The Morgan fingerprint density at radius 3 is 2.37 bits per heavy atom. The van der Waals surface area contributed by atoms with Gasteiger partial charge < -0.3 is 15.1 Å². The molecule has 1 amide bonds. The highest BCUT2D eigenvalue weighted by Crippen LogP contribution is 2.25. The van der Waals surface area contributed by atoms with Crippen molar-refractivity contribution in [2.45, 2.75) is 6.54 Å². The van der Waals surface area contributed by atoms with E-state index >= 15 is 0 Å². The lowest BCUT2D eigenvalue weighted by Gasteiger charge is -2.17. The SMILES string of the molecule is CN(Cc1ccccc1)C(=O)c1ccc(O)c(O)c1. The first kappa shape index (κ1) is 13.0. The van der Waals surface area contributed by atoms with E-state index in [-0.39, 0.29) is 17.4 Å². The van der Waals surface area contributed by atoms with Crippen LogP contribution in [0.2, 0.25) is 0 Å². The van der Waals surface area contributed by atoms with Gasteiger partial charge in [0.2, 0.25) is 0 Å². The minimum absolute atomic E-state index is 0.209. The first-order valence-corrected chi connectivity index (χ1v) is 5.89. The van der Waals surface area contributed by atoms with Gasteiger partial charge >= 0.3 is 0 Å². The van der Waals surface area contributed by atoms with Crippen molar-refractivity contribution in [3.63, 3.8) is 0 Å². The summed E-state index contributed by atoms with van der Waals surface area (Å²) >= 11 is 0. The summed E-state index contributed by atoms with van der Waals surface area (Å²) in [6.45, 7) is 0.487. The molecule has 0 atom stereocenters. The van der Waals surface area contributed by atoms with E-state index in [1.165, 1.54) is 18.2 Å². The van der Waals surface area contributed by atoms with E-state index in [0.29, 0.717) is 12.1 Å². The van der Waals surface area contributed by atoms with Gasteiger partial charge in [-0.25, -0.2) is 0 Å². The molecule has 2 rings (SSSR count). The second kappa shape index (κ2) is 5.44. The molecular weight excluding hydrogens is 242 g/mol. The highest BCUT2D eigenvalue weighted by atomic mass is 16.3. The molecule has 0 radical (unpaired) electrons. The van der Waals surface area contributed by atoms with Crippen molar-refractivity contribution in [3.05, 3.63) is 59.7 Å². The Kier molecular flexibility index (Phi) is 3.71. The number of amides is 1. The van der Waals surface area contributed by atoms with Crippen LogP contribution in [0.1, 0.15) is 15.9 Å². The molecule has 0 heterocycles. The zero-order valence-electron chi connectivity index (χ0n) is 10.6. The van der Waals surface area contributed by atoms with E-state index in [1.807, 2.05) is 30.3 Å². The average Bonchev–Trinajstić information content (AvgIpc) is 2.42. The van der Waals surface area contributed by atoms with E-state index in [1.54, 1.807) is 11.9 Å². The number of phenolic OH excluding ortho intramolecular Hbond substituents is 2. The molecule has 0 aliphatic rings. The number of hydrogen-bond donors (Lipinski definition) is 2. The maximum atomic E-state index is 12.1. The number of carbonyl (C=O) groups is 1. The third-order valence-electron chi connectivity index (χ3n) is 2.83. The maximum Gasteiger partial charge on any atom is 0.254 e. The molecule has 98 valence electrons. The van der Waals surface area contributed by atoms with Gasteiger partial charge in [-0.15, -0.1) is 0 Å². The molecular formula is C15H15NO3. The van der Waals surface area contributed by atoms with Gasteiger partial charge in [0.25, 0.3) is 5.91 Å². The summed E-state index contributed by atoms with van der Waals surface area (Å²) in [5.41, 5.74) is 1.37. The number of rotatable bonds is 3. The number of hydrogen-bond acceptors (Lipinski definition) is 3. The van der Waals surface area contributed by atoms with Crippen LogP contribution >= 0.6 is 0 Å². The zero-order valence-corrected chi connectivity index (χ0v) is 10.6. The summed E-state index contributed by atoms with van der Waals surface area (Å²) in [7, 11) is 1.69. The zero-order chi connectivity index (χ0) is 13.8. The van der Waals surface area contributed by atoms with Gasteiger partial charge in [0.15, 0.2) is 11.5 Å². The summed E-state index contributed by atoms with van der Waals surface area (Å²) < 4.78 is 0. The second-order valence-electron chi connectivity index (χ2n) is 4.35. The lowest BCUT2D eigenvalue weighted by molar-refractivity contribution is 0.0784. The number of aromatic hydroxyl groups is 2. The number of carbonyl (C=O) groups excluding carboxylic acids is 1. The molecule has 2 aromatic rings. The van der Waals surface area contributed by atoms with Crippen LogP contribution in [0.25, 0.3) is 0 Å². The lowest BCUT2D eigenvalue weighted by Crippen LogP contribution is -2.26. The quantitative estimate of drug-likeness (QED) is 0.830. The van der Waals surface area contributed by atoms with Crippen molar-refractivity contribution < 1.29 is 15.0 Å². The molecule has 4 heteroatoms. The van der Waals surface area contributed by atoms with Crippen LogP contribution < -0.4 is 0 Å². The molecule has 0 aliphatic heterocycles. The Bertz CT molecular complexity index is 581. The fourth-order valence-corrected chi connectivity index (χ4v) is 1.81. The van der Waals surface area contributed by atoms with Gasteiger partial charge in [0.05, 0.1) is 0 Å². The molecule has 0 bridgehead atoms. The Balaban J connectivity index is 2.12. The van der Waals surface area contributed by atoms with Gasteiger partial charge in [-0.2, -0.15) is 0 Å². The number of benzene rings is 2. The van der Waals surface area contributed by atoms with Crippen LogP contribution in [-0.4, -0.2) is 28.1 Å². The van der Waals surface area contributed by atoms with Crippen molar-refractivity contribution in [1.29, 1.82) is 0 Å². The Morgan fingerprint density at radius 2 is 1.74 bits per heavy atom. The molecule has 0 saturated heterocycles. The minimum Gasteiger partial charge on any atom is -0.504 e. The van der Waals surface area contributed by atoms with Crippen molar-refractivity contribution in [2.75, 3.05) is 7.05 Å². The summed E-state index contributed by atoms with van der Waals surface area (Å²) in [6.07, 6.45) is 0. The molecule has 19 heavy (non-hydrogen) atoms. The summed E-state index contributed by atoms with van der Waals surface area (Å²) in [5.74, 6) is -0.736. The maximum absolute atomic E-state index is 12.1. The highest BCUT2D eigenvalue weighted by molar-refractivity contribution is 5.94. The van der Waals surface area contributed by atoms with Crippen LogP contribution in [-0.2, 0) is 6.54 Å². The molecule has 0 aromatic heterocycles. The molecule has 4 nitrogen and oxygen atoms in total. The molecule has 0 saturated carbocycles. The molecule has 0 fully saturated rings. The molecule has 0 spiro atoms. The predicted octanol–water partition coefficient (Wildman–Crippen LogP) is 2.37. The van der Waals surface area contributed by atoms with Gasteiger partial charge in [-0.05, 0) is 23.8 Å². The summed E-state index contributed by atoms with van der Waals surface area (Å²) in [5, 5.41) is 18.6. The van der Waals surface area contributed by atoms with E-state index in [2.05, 4.69) is 0 Å². The van der Waals surface area contributed by atoms with Crippen LogP contribution in [0.15, 0.2) is 48.5 Å². The van der Waals surface area contributed by atoms with Crippen molar-refractivity contribution in [2.24, 2.45) is 0 Å². The molecule has 2 N–H and O–H groups in total. The van der Waals surface area contributed by atoms with Crippen LogP contribution in [0.4, 0.5) is 0 Å². The third kappa shape index (κ3) is 3.04. The van der Waals surface area contributed by atoms with Gasteiger partial charge in [0, 0.05) is 19.2 Å². The normalized spacial score (nSPS) is 10.2. The van der Waals surface area contributed by atoms with E-state index in [9.17, 15) is 15.0 Å². The van der Waals surface area contributed by atoms with Gasteiger partial charge in [-0.1, -0.05) is 30.3 Å². The Hall–Kier alpha value is -2.49. The number of nitrogens with zero attached hydrogens (tertiary/aromatic N) is 1. The fourth-order valence-electron chi connectivity index (χ4n) is 1.81. The first-order chi connectivity index (χ1) is 9.08. The third-order valence-corrected chi connectivity index (χ3v) is 2.83. The van der Waals surface area contributed by atoms with Crippen LogP contribution in [0, 0.1) is 0 Å². The van der Waals surface area contributed by atoms with Crippen LogP contribution in [0.5, 0.6) is 11.5 Å². The van der Waals surface area contributed by atoms with Crippen molar-refractivity contribution in [3.8, 4) is 11.5 Å². The lowest BCUT2D eigenvalue weighted by atomic mass is 10.1. The summed E-state index contributed by atoms with van der Waals surface area (Å²) in [6, 6.07) is 13.7. The number of phenols is 2. The minimum atomic E-state index is -0.293. The topological polar surface area (TPSA) is 60.8 Å². The fraction of sp³-hybridized carbons (Fsp3) is 0.133. The smallest absolute Gasteiger partial charge is 0.254 e. The molecule has 0 unspecified atom stereocenters. The second-order valence-corrected chi connectivity index (χ2v) is 4.35. The van der Waals surface area contributed by atoms with E-state index in [4.69, 9.17) is 0 Å². The standard InChI is InChI=1S/C15H15NO3/c1-16(10-11-5-3-2-4-6-11)15(19)12-7-8-13(17)14(18)9-12/h2-9,17-18H,10H2,1H3. The Labute approximate surface area is 111 Å². The molecule has 2 aromatic carbocycles. The largest absolute Gasteiger partial charge is 0.504 e. The van der Waals surface area contributed by atoms with E-state index < -0.39 is 0 Å². The Morgan fingerprint density at radius 1 is 1.05 bits per heavy atom. The van der Waals surface area contributed by atoms with Gasteiger partial charge in [0.1, 0.15) is 0 Å².